The maximum Gasteiger partial charge on any atom is 0.457 e. The van der Waals surface area contributed by atoms with Gasteiger partial charge in [-0.3, -0.25) is 28.3 Å². The first-order valence-corrected chi connectivity index (χ1v) is 18.2. The van der Waals surface area contributed by atoms with E-state index in [-0.39, 0.29) is 35.9 Å². The number of rotatable bonds is 12. The Hall–Kier alpha value is -4.85. The van der Waals surface area contributed by atoms with Crippen molar-refractivity contribution in [2.75, 3.05) is 24.4 Å². The third kappa shape index (κ3) is 6.97. The average Bonchev–Trinajstić information content (AvgIpc) is 3.07. The largest absolute Gasteiger partial charge is 0.465 e. The normalized spacial score (nSPS) is 16.5. The molecule has 0 radical (unpaired) electrons. The van der Waals surface area contributed by atoms with Crippen LogP contribution in [0.4, 0.5) is 10.5 Å². The summed E-state index contributed by atoms with van der Waals surface area (Å²) in [6.45, 7) is 4.40. The Kier molecular flexibility index (Phi) is 10.2. The molecule has 0 saturated heterocycles. The molecular formula is C34H35N3O8P2. The molecule has 47 heavy (non-hydrogen) atoms. The zero-order chi connectivity index (χ0) is 33.6. The molecule has 13 heteroatoms. The Labute approximate surface area is 273 Å². The van der Waals surface area contributed by atoms with E-state index in [0.29, 0.717) is 5.56 Å². The van der Waals surface area contributed by atoms with Gasteiger partial charge in [0, 0.05) is 6.54 Å². The van der Waals surface area contributed by atoms with Crippen LogP contribution in [-0.4, -0.2) is 41.9 Å². The summed E-state index contributed by atoms with van der Waals surface area (Å²) in [7, 11) is -9.15. The summed E-state index contributed by atoms with van der Waals surface area (Å²) >= 11 is 0. The highest BCUT2D eigenvalue weighted by molar-refractivity contribution is 7.80. The molecule has 11 nitrogen and oxygen atoms in total. The summed E-state index contributed by atoms with van der Waals surface area (Å²) in [6.07, 6.45) is 0. The number of amides is 2. The van der Waals surface area contributed by atoms with E-state index >= 15 is 9.13 Å². The van der Waals surface area contributed by atoms with Crippen molar-refractivity contribution < 1.29 is 37.3 Å². The summed E-state index contributed by atoms with van der Waals surface area (Å²) in [5.41, 5.74) is 0.366. The van der Waals surface area contributed by atoms with Crippen LogP contribution < -0.4 is 19.0 Å². The second-order valence-electron chi connectivity index (χ2n) is 10.6. The van der Waals surface area contributed by atoms with Gasteiger partial charge in [-0.25, -0.2) is 4.57 Å². The zero-order valence-electron chi connectivity index (χ0n) is 26.1. The fourth-order valence-corrected chi connectivity index (χ4v) is 9.66. The van der Waals surface area contributed by atoms with E-state index in [1.165, 1.54) is 12.1 Å². The van der Waals surface area contributed by atoms with Crippen molar-refractivity contribution in [3.8, 4) is 11.5 Å². The van der Waals surface area contributed by atoms with Crippen LogP contribution in [0, 0.1) is 6.92 Å². The number of anilines is 1. The van der Waals surface area contributed by atoms with E-state index in [0.717, 1.165) is 14.9 Å². The van der Waals surface area contributed by atoms with E-state index in [9.17, 15) is 14.4 Å². The first-order chi connectivity index (χ1) is 22.6. The first kappa shape index (κ1) is 33.5. The molecule has 4 aromatic carbocycles. The van der Waals surface area contributed by atoms with E-state index in [1.807, 2.05) is 6.92 Å². The van der Waals surface area contributed by atoms with E-state index in [4.69, 9.17) is 13.8 Å². The Morgan fingerprint density at radius 1 is 0.809 bits per heavy atom. The van der Waals surface area contributed by atoms with E-state index < -0.39 is 44.9 Å². The Morgan fingerprint density at radius 3 is 1.91 bits per heavy atom. The van der Waals surface area contributed by atoms with Crippen LogP contribution >= 0.6 is 15.0 Å². The molecule has 0 spiro atoms. The van der Waals surface area contributed by atoms with Gasteiger partial charge in [0.2, 0.25) is 0 Å². The number of carbonyl (C=O) groups is 3. The van der Waals surface area contributed by atoms with Crippen LogP contribution in [-0.2, 0) is 18.7 Å². The van der Waals surface area contributed by atoms with Crippen LogP contribution in [0.25, 0.3) is 0 Å². The second-order valence-corrected chi connectivity index (χ2v) is 15.0. The molecule has 1 aliphatic heterocycles. The molecule has 0 aromatic heterocycles. The fraction of sp³-hybridized carbons (Fsp3) is 0.206. The Bertz CT molecular complexity index is 1790. The molecule has 0 bridgehead atoms. The highest BCUT2D eigenvalue weighted by Gasteiger charge is 2.54. The Morgan fingerprint density at radius 2 is 1.36 bits per heavy atom. The van der Waals surface area contributed by atoms with Gasteiger partial charge in [-0.2, -0.15) is 0 Å². The summed E-state index contributed by atoms with van der Waals surface area (Å²) in [4.78, 5) is 41.2. The minimum absolute atomic E-state index is 0.0492. The van der Waals surface area contributed by atoms with Gasteiger partial charge < -0.3 is 19.1 Å². The van der Waals surface area contributed by atoms with Crippen LogP contribution in [0.3, 0.4) is 0 Å². The molecule has 2 atom stereocenters. The lowest BCUT2D eigenvalue weighted by molar-refractivity contribution is -0.141. The van der Waals surface area contributed by atoms with Gasteiger partial charge in [-0.1, -0.05) is 78.4 Å². The molecule has 2 amide bonds. The summed E-state index contributed by atoms with van der Waals surface area (Å²) in [5.74, 6) is -2.52. The molecule has 4 aromatic rings. The highest BCUT2D eigenvalue weighted by Crippen LogP contribution is 2.63. The van der Waals surface area contributed by atoms with Crippen LogP contribution in [0.15, 0.2) is 109 Å². The van der Waals surface area contributed by atoms with Crippen molar-refractivity contribution >= 4 is 38.3 Å². The molecule has 0 fully saturated rings. The summed E-state index contributed by atoms with van der Waals surface area (Å²) in [5, 5.41) is 2.69. The number of para-hydroxylation sites is 3. The third-order valence-electron chi connectivity index (χ3n) is 7.37. The number of nitrogens with zero attached hydrogens (tertiary/aromatic N) is 2. The minimum Gasteiger partial charge on any atom is -0.465 e. The minimum atomic E-state index is -4.68. The van der Waals surface area contributed by atoms with Gasteiger partial charge in [0.15, 0.2) is 5.78 Å². The van der Waals surface area contributed by atoms with Crippen LogP contribution in [0.5, 0.6) is 11.5 Å². The Balaban J connectivity index is 1.65. The number of aryl methyl sites for hydroxylation is 1. The molecule has 1 N–H and O–H groups in total. The number of fused-ring (bicyclic) bond motifs is 1. The van der Waals surface area contributed by atoms with Crippen molar-refractivity contribution in [1.29, 1.82) is 0 Å². The SMILES string of the molecule is CCOC(=O)CN1c2ccccc2C(=O)N(CC)P1(=O)C(=O)NC(c1ccc(C)cc1)P(=O)(Oc1ccccc1)Oc1ccccc1. The zero-order valence-corrected chi connectivity index (χ0v) is 27.9. The van der Waals surface area contributed by atoms with Crippen molar-refractivity contribution in [2.24, 2.45) is 0 Å². The lowest BCUT2D eigenvalue weighted by Gasteiger charge is -2.43. The lowest BCUT2D eigenvalue weighted by Crippen LogP contribution is -2.48. The van der Waals surface area contributed by atoms with Crippen molar-refractivity contribution in [2.45, 2.75) is 26.6 Å². The fourth-order valence-electron chi connectivity index (χ4n) is 5.16. The number of benzene rings is 4. The topological polar surface area (TPSA) is 132 Å². The quantitative estimate of drug-likeness (QED) is 0.118. The van der Waals surface area contributed by atoms with Gasteiger partial charge in [0.05, 0.1) is 17.9 Å². The van der Waals surface area contributed by atoms with E-state index in [1.54, 1.807) is 111 Å². The number of nitrogens with one attached hydrogen (secondary N) is 1. The number of hydrogen-bond donors (Lipinski definition) is 1. The number of ether oxygens (including phenoxy) is 1. The first-order valence-electron chi connectivity index (χ1n) is 15.0. The van der Waals surface area contributed by atoms with E-state index in [2.05, 4.69) is 5.32 Å². The summed E-state index contributed by atoms with van der Waals surface area (Å²) in [6, 6.07) is 29.8. The number of carbonyl (C=O) groups excluding carboxylic acids is 3. The molecule has 0 aliphatic carbocycles. The third-order valence-corrected chi connectivity index (χ3v) is 12.1. The van der Waals surface area contributed by atoms with Crippen molar-refractivity contribution in [1.82, 2.24) is 9.99 Å². The summed E-state index contributed by atoms with van der Waals surface area (Å²) < 4.78 is 49.7. The molecule has 244 valence electrons. The predicted octanol–water partition coefficient (Wildman–Crippen LogP) is 7.79. The van der Waals surface area contributed by atoms with Gasteiger partial charge in [-0.15, -0.1) is 0 Å². The molecule has 2 unspecified atom stereocenters. The number of esters is 1. The van der Waals surface area contributed by atoms with Gasteiger partial charge >= 0.3 is 26.7 Å². The average molecular weight is 676 g/mol. The molecule has 5 rings (SSSR count). The van der Waals surface area contributed by atoms with Crippen molar-refractivity contribution in [3.63, 3.8) is 0 Å². The standard InChI is InChI=1S/C34H35N3O8P2/c1-4-36-33(39)29-18-12-13-19-30(29)37(24-31(38)43-5-2)46(36,41)34(40)35-32(26-22-20-25(3)21-23-26)47(42,44-27-14-8-6-9-15-27)45-28-16-10-7-11-17-28/h6-23,32H,4-5,24H2,1-3H3,(H,35,40). The van der Waals surface area contributed by atoms with Crippen LogP contribution in [0.1, 0.15) is 41.1 Å². The lowest BCUT2D eigenvalue weighted by atomic mass is 10.1. The smallest absolute Gasteiger partial charge is 0.457 e. The molecule has 1 aliphatic rings. The van der Waals surface area contributed by atoms with Crippen LogP contribution in [0.2, 0.25) is 0 Å². The van der Waals surface area contributed by atoms with Gasteiger partial charge in [-0.05, 0) is 62.7 Å². The predicted molar refractivity (Wildman–Crippen MR) is 179 cm³/mol. The number of hydrogen-bond acceptors (Lipinski definition) is 8. The monoisotopic (exact) mass is 675 g/mol. The molecule has 0 saturated carbocycles. The second kappa shape index (κ2) is 14.3. The molecular weight excluding hydrogens is 640 g/mol. The highest BCUT2D eigenvalue weighted by atomic mass is 31.2. The van der Waals surface area contributed by atoms with Crippen molar-refractivity contribution in [3.05, 3.63) is 126 Å². The van der Waals surface area contributed by atoms with Gasteiger partial charge in [0.1, 0.15) is 18.0 Å². The maximum absolute atomic E-state index is 15.2. The van der Waals surface area contributed by atoms with Gasteiger partial charge in [0.25, 0.3) is 5.91 Å². The maximum atomic E-state index is 15.2. The molecule has 1 heterocycles.